The summed E-state index contributed by atoms with van der Waals surface area (Å²) in [6, 6.07) is 7.26. The van der Waals surface area contributed by atoms with Crippen molar-refractivity contribution in [1.82, 2.24) is 34.8 Å². The average Bonchev–Trinajstić information content (AvgIpc) is 3.25. The molecule has 4 aromatic heterocycles. The molecule has 0 aliphatic carbocycles. The summed E-state index contributed by atoms with van der Waals surface area (Å²) >= 11 is 5.98. The molecule has 11 nitrogen and oxygen atoms in total. The number of anilines is 1. The fourth-order valence-electron chi connectivity index (χ4n) is 4.68. The van der Waals surface area contributed by atoms with Crippen LogP contribution < -0.4 is 20.5 Å². The normalized spacial score (nSPS) is 17.9. The van der Waals surface area contributed by atoms with Crippen molar-refractivity contribution < 1.29 is 9.53 Å². The van der Waals surface area contributed by atoms with Crippen LogP contribution in [0.3, 0.4) is 0 Å². The first-order valence-electron chi connectivity index (χ1n) is 10.9. The van der Waals surface area contributed by atoms with Crippen molar-refractivity contribution >= 4 is 39.9 Å². The number of hydrogen-bond donors (Lipinski definition) is 2. The molecule has 0 aromatic carbocycles. The van der Waals surface area contributed by atoms with Gasteiger partial charge in [0.2, 0.25) is 5.88 Å². The van der Waals surface area contributed by atoms with Crippen LogP contribution in [0.1, 0.15) is 16.1 Å². The summed E-state index contributed by atoms with van der Waals surface area (Å²) in [5.41, 5.74) is 3.51. The zero-order valence-electron chi connectivity index (χ0n) is 18.3. The quantitative estimate of drug-likeness (QED) is 0.446. The lowest BCUT2D eigenvalue weighted by atomic mass is 10.1. The Bertz CT molecular complexity index is 1500. The van der Waals surface area contributed by atoms with Crippen LogP contribution in [0.25, 0.3) is 16.7 Å². The van der Waals surface area contributed by atoms with E-state index in [1.807, 2.05) is 12.1 Å². The maximum atomic E-state index is 12.4. The van der Waals surface area contributed by atoms with E-state index in [4.69, 9.17) is 16.3 Å². The number of rotatable bonds is 3. The van der Waals surface area contributed by atoms with E-state index in [2.05, 4.69) is 35.2 Å². The second-order valence-electron chi connectivity index (χ2n) is 8.43. The van der Waals surface area contributed by atoms with E-state index >= 15 is 0 Å². The molecule has 0 unspecified atom stereocenters. The first kappa shape index (κ1) is 20.9. The summed E-state index contributed by atoms with van der Waals surface area (Å²) in [6.45, 7) is 3.64. The highest BCUT2D eigenvalue weighted by Gasteiger charge is 2.34. The molecule has 1 fully saturated rings. The van der Waals surface area contributed by atoms with Gasteiger partial charge in [-0.25, -0.2) is 14.5 Å². The van der Waals surface area contributed by atoms with Gasteiger partial charge >= 0.3 is 0 Å². The third-order valence-electron chi connectivity index (χ3n) is 6.28. The molecule has 0 radical (unpaired) electrons. The maximum Gasteiger partial charge on any atom is 0.274 e. The van der Waals surface area contributed by atoms with E-state index in [9.17, 15) is 9.59 Å². The SMILES string of the molecule is CNC(=O)c1ccc2c(n1)OC[C@H]1CN(Cc3cnc4c(c3)[nH]c(=O)c3cc(Cl)nn34)CCN21. The van der Waals surface area contributed by atoms with E-state index in [1.165, 1.54) is 10.6 Å². The van der Waals surface area contributed by atoms with Crippen LogP contribution >= 0.6 is 11.6 Å². The number of nitrogens with zero attached hydrogens (tertiary/aromatic N) is 6. The monoisotopic (exact) mass is 480 g/mol. The number of H-pyrrole nitrogens is 1. The molecule has 34 heavy (non-hydrogen) atoms. The van der Waals surface area contributed by atoms with Gasteiger partial charge in [-0.05, 0) is 23.8 Å². The summed E-state index contributed by atoms with van der Waals surface area (Å²) in [5.74, 6) is 0.263. The molecule has 1 amide bonds. The molecule has 1 atom stereocenters. The number of carbonyl (C=O) groups is 1. The highest BCUT2D eigenvalue weighted by molar-refractivity contribution is 6.29. The van der Waals surface area contributed by atoms with E-state index < -0.39 is 0 Å². The highest BCUT2D eigenvalue weighted by atomic mass is 35.5. The lowest BCUT2D eigenvalue weighted by Gasteiger charge is -2.45. The first-order chi connectivity index (χ1) is 16.5. The number of aromatic nitrogens is 5. The van der Waals surface area contributed by atoms with Gasteiger partial charge < -0.3 is 19.9 Å². The second-order valence-corrected chi connectivity index (χ2v) is 8.81. The number of fused-ring (bicyclic) bond motifs is 6. The number of hydrogen-bond acceptors (Lipinski definition) is 8. The molecule has 174 valence electrons. The molecule has 0 saturated carbocycles. The Hall–Kier alpha value is -3.70. The number of amides is 1. The number of ether oxygens (including phenoxy) is 1. The fraction of sp³-hybridized carbons (Fsp3) is 0.318. The summed E-state index contributed by atoms with van der Waals surface area (Å²) in [5, 5.41) is 7.01. The number of piperazine rings is 1. The summed E-state index contributed by atoms with van der Waals surface area (Å²) in [6.07, 6.45) is 1.80. The second kappa shape index (κ2) is 7.96. The van der Waals surface area contributed by atoms with E-state index in [0.29, 0.717) is 41.4 Å². The number of aromatic amines is 1. The van der Waals surface area contributed by atoms with Crippen LogP contribution in [-0.2, 0) is 6.54 Å². The summed E-state index contributed by atoms with van der Waals surface area (Å²) < 4.78 is 7.38. The number of nitrogens with one attached hydrogen (secondary N) is 2. The van der Waals surface area contributed by atoms with Gasteiger partial charge in [-0.2, -0.15) is 5.10 Å². The van der Waals surface area contributed by atoms with Gasteiger partial charge in [0, 0.05) is 45.5 Å². The highest BCUT2D eigenvalue weighted by Crippen LogP contribution is 2.34. The topological polar surface area (TPSA) is 121 Å². The lowest BCUT2D eigenvalue weighted by Crippen LogP contribution is -2.57. The minimum atomic E-state index is -0.259. The Kier molecular flexibility index (Phi) is 4.89. The minimum Gasteiger partial charge on any atom is -0.474 e. The molecule has 2 aliphatic heterocycles. The zero-order chi connectivity index (χ0) is 23.4. The molecule has 0 bridgehead atoms. The molecule has 1 saturated heterocycles. The van der Waals surface area contributed by atoms with Gasteiger partial charge in [0.25, 0.3) is 11.5 Å². The van der Waals surface area contributed by atoms with Gasteiger partial charge in [-0.3, -0.25) is 14.5 Å². The number of carbonyl (C=O) groups excluding carboxylic acids is 1. The first-order valence-corrected chi connectivity index (χ1v) is 11.3. The van der Waals surface area contributed by atoms with E-state index in [1.54, 1.807) is 19.3 Å². The van der Waals surface area contributed by atoms with E-state index in [0.717, 1.165) is 30.9 Å². The fourth-order valence-corrected chi connectivity index (χ4v) is 4.86. The van der Waals surface area contributed by atoms with Crippen molar-refractivity contribution in [3.8, 4) is 5.88 Å². The number of halogens is 1. The van der Waals surface area contributed by atoms with Gasteiger partial charge in [0.05, 0.1) is 11.6 Å². The molecule has 12 heteroatoms. The van der Waals surface area contributed by atoms with Crippen LogP contribution in [-0.4, -0.2) is 74.7 Å². The molecule has 6 rings (SSSR count). The molecule has 6 heterocycles. The predicted molar refractivity (Wildman–Crippen MR) is 126 cm³/mol. The Morgan fingerprint density at radius 3 is 3.06 bits per heavy atom. The van der Waals surface area contributed by atoms with Gasteiger partial charge in [0.1, 0.15) is 23.5 Å². The maximum absolute atomic E-state index is 12.4. The van der Waals surface area contributed by atoms with Gasteiger partial charge in [0.15, 0.2) is 10.8 Å². The number of pyridine rings is 2. The minimum absolute atomic E-state index is 0.174. The summed E-state index contributed by atoms with van der Waals surface area (Å²) in [7, 11) is 1.58. The van der Waals surface area contributed by atoms with Crippen molar-refractivity contribution in [3.63, 3.8) is 0 Å². The average molecular weight is 481 g/mol. The predicted octanol–water partition coefficient (Wildman–Crippen LogP) is 1.06. The van der Waals surface area contributed by atoms with Crippen molar-refractivity contribution in [2.24, 2.45) is 0 Å². The Morgan fingerprint density at radius 1 is 1.32 bits per heavy atom. The molecular formula is C22H21ClN8O3. The summed E-state index contributed by atoms with van der Waals surface area (Å²) in [4.78, 5) is 40.7. The van der Waals surface area contributed by atoms with Crippen LogP contribution in [0, 0.1) is 0 Å². The zero-order valence-corrected chi connectivity index (χ0v) is 19.0. The van der Waals surface area contributed by atoms with Gasteiger partial charge in [-0.15, -0.1) is 0 Å². The Morgan fingerprint density at radius 2 is 2.21 bits per heavy atom. The largest absolute Gasteiger partial charge is 0.474 e. The molecule has 2 N–H and O–H groups in total. The van der Waals surface area contributed by atoms with Crippen LogP contribution in [0.4, 0.5) is 5.69 Å². The van der Waals surface area contributed by atoms with Crippen LogP contribution in [0.5, 0.6) is 5.88 Å². The van der Waals surface area contributed by atoms with Crippen molar-refractivity contribution in [3.05, 3.63) is 57.2 Å². The van der Waals surface area contributed by atoms with Crippen LogP contribution in [0.2, 0.25) is 5.15 Å². The van der Waals surface area contributed by atoms with Crippen molar-refractivity contribution in [1.29, 1.82) is 0 Å². The molecule has 2 aliphatic rings. The van der Waals surface area contributed by atoms with Crippen LogP contribution in [0.15, 0.2) is 35.3 Å². The smallest absolute Gasteiger partial charge is 0.274 e. The van der Waals surface area contributed by atoms with E-state index in [-0.39, 0.29) is 22.7 Å². The standard InChI is InChI=1S/C22H21ClN8O3/c1-24-20(32)14-2-3-16-22(27-14)34-11-13-10-29(4-5-30(13)16)9-12-6-15-19(25-8-12)31-17(21(33)26-15)7-18(23)28-31/h2-3,6-8,13H,4-5,9-11H2,1H3,(H,24,32)(H,26,33)/t13-/m1/s1. The Balaban J connectivity index is 1.21. The van der Waals surface area contributed by atoms with Gasteiger partial charge in [-0.1, -0.05) is 11.6 Å². The molecule has 0 spiro atoms. The van der Waals surface area contributed by atoms with Crippen molar-refractivity contribution in [2.75, 3.05) is 38.2 Å². The molecule has 4 aromatic rings. The van der Waals surface area contributed by atoms with Crippen molar-refractivity contribution in [2.45, 2.75) is 12.6 Å². The lowest BCUT2D eigenvalue weighted by molar-refractivity contribution is 0.0956. The Labute approximate surface area is 198 Å². The third kappa shape index (κ3) is 3.44. The molecular weight excluding hydrogens is 460 g/mol. The third-order valence-corrected chi connectivity index (χ3v) is 6.46.